The fraction of sp³-hybridized carbons (Fsp3) is 0.778. The van der Waals surface area contributed by atoms with Crippen molar-refractivity contribution in [2.45, 2.75) is 32.0 Å². The zero-order valence-corrected chi connectivity index (χ0v) is 7.57. The summed E-state index contributed by atoms with van der Waals surface area (Å²) in [6.45, 7) is 5.69. The van der Waals surface area contributed by atoms with Gasteiger partial charge in [-0.15, -0.1) is 6.58 Å². The number of hydrogen-bond donors (Lipinski definition) is 2. The van der Waals surface area contributed by atoms with Crippen molar-refractivity contribution in [3.05, 3.63) is 12.7 Å². The Hall–Kier alpha value is -0.380. The Morgan fingerprint density at radius 1 is 1.58 bits per heavy atom. The normalized spacial score (nSPS) is 15.6. The molecule has 3 heteroatoms. The zero-order chi connectivity index (χ0) is 9.40. The molecule has 0 saturated carbocycles. The van der Waals surface area contributed by atoms with Crippen molar-refractivity contribution in [1.29, 1.82) is 0 Å². The van der Waals surface area contributed by atoms with Crippen LogP contribution in [-0.2, 0) is 4.74 Å². The lowest BCUT2D eigenvalue weighted by Crippen LogP contribution is -2.32. The van der Waals surface area contributed by atoms with Crippen LogP contribution in [0.1, 0.15) is 19.8 Å². The summed E-state index contributed by atoms with van der Waals surface area (Å²) in [5, 5.41) is 17.9. The van der Waals surface area contributed by atoms with E-state index >= 15 is 0 Å². The minimum Gasteiger partial charge on any atom is -0.394 e. The Kier molecular flexibility index (Phi) is 7.05. The Bertz CT molecular complexity index is 114. The minimum absolute atomic E-state index is 0.248. The van der Waals surface area contributed by atoms with E-state index in [1.807, 2.05) is 6.92 Å². The van der Waals surface area contributed by atoms with Gasteiger partial charge >= 0.3 is 0 Å². The van der Waals surface area contributed by atoms with Gasteiger partial charge in [0.15, 0.2) is 0 Å². The predicted molar refractivity (Wildman–Crippen MR) is 47.9 cm³/mol. The third kappa shape index (κ3) is 4.49. The van der Waals surface area contributed by atoms with Crippen LogP contribution in [0.2, 0.25) is 0 Å². The first-order valence-electron chi connectivity index (χ1n) is 4.27. The highest BCUT2D eigenvalue weighted by molar-refractivity contribution is 4.71. The van der Waals surface area contributed by atoms with Crippen molar-refractivity contribution in [1.82, 2.24) is 0 Å². The lowest BCUT2D eigenvalue weighted by Gasteiger charge is -2.20. The predicted octanol–water partition coefficient (Wildman–Crippen LogP) is 0.711. The van der Waals surface area contributed by atoms with E-state index in [-0.39, 0.29) is 12.7 Å². The van der Waals surface area contributed by atoms with Crippen LogP contribution in [0.25, 0.3) is 0 Å². The van der Waals surface area contributed by atoms with E-state index in [4.69, 9.17) is 9.84 Å². The minimum atomic E-state index is -0.773. The van der Waals surface area contributed by atoms with Gasteiger partial charge in [0.25, 0.3) is 0 Å². The van der Waals surface area contributed by atoms with E-state index in [9.17, 15) is 5.11 Å². The molecular formula is C9H18O3. The second-order valence-electron chi connectivity index (χ2n) is 2.70. The van der Waals surface area contributed by atoms with Crippen molar-refractivity contribution in [3.8, 4) is 0 Å². The molecule has 0 saturated heterocycles. The molecule has 0 aliphatic heterocycles. The monoisotopic (exact) mass is 174 g/mol. The van der Waals surface area contributed by atoms with E-state index < -0.39 is 6.10 Å². The summed E-state index contributed by atoms with van der Waals surface area (Å²) in [6.07, 6.45) is 2.28. The molecule has 0 unspecified atom stereocenters. The van der Waals surface area contributed by atoms with Crippen LogP contribution in [0.15, 0.2) is 12.7 Å². The number of ether oxygens (including phenoxy) is 1. The lowest BCUT2D eigenvalue weighted by molar-refractivity contribution is -0.0527. The van der Waals surface area contributed by atoms with Crippen molar-refractivity contribution >= 4 is 0 Å². The summed E-state index contributed by atoms with van der Waals surface area (Å²) < 4.78 is 5.26. The summed E-state index contributed by atoms with van der Waals surface area (Å²) in [6, 6.07) is 0. The van der Waals surface area contributed by atoms with Gasteiger partial charge in [-0.25, -0.2) is 0 Å². The van der Waals surface area contributed by atoms with Gasteiger partial charge in [0.2, 0.25) is 0 Å². The average molecular weight is 174 g/mol. The first-order valence-corrected chi connectivity index (χ1v) is 4.27. The fourth-order valence-electron chi connectivity index (χ4n) is 0.981. The summed E-state index contributed by atoms with van der Waals surface area (Å²) in [5.41, 5.74) is 0. The van der Waals surface area contributed by atoms with Crippen LogP contribution < -0.4 is 0 Å². The van der Waals surface area contributed by atoms with Crippen LogP contribution in [-0.4, -0.2) is 35.6 Å². The molecule has 0 heterocycles. The molecule has 0 radical (unpaired) electrons. The maximum absolute atomic E-state index is 9.27. The molecule has 0 amide bonds. The van der Waals surface area contributed by atoms with Crippen molar-refractivity contribution in [2.75, 3.05) is 13.2 Å². The van der Waals surface area contributed by atoms with Crippen LogP contribution in [0.5, 0.6) is 0 Å². The molecule has 3 nitrogen and oxygen atoms in total. The van der Waals surface area contributed by atoms with Gasteiger partial charge < -0.3 is 14.9 Å². The Balaban J connectivity index is 3.75. The second kappa shape index (κ2) is 7.28. The van der Waals surface area contributed by atoms with Crippen LogP contribution in [0, 0.1) is 0 Å². The molecule has 0 bridgehead atoms. The SMILES string of the molecule is C=CCO[C@H](CCC)[C@@H](O)CO. The number of hydrogen-bond acceptors (Lipinski definition) is 3. The molecule has 2 atom stereocenters. The van der Waals surface area contributed by atoms with Gasteiger partial charge in [0, 0.05) is 0 Å². The third-order valence-corrected chi connectivity index (χ3v) is 1.62. The first kappa shape index (κ1) is 11.6. The Morgan fingerprint density at radius 2 is 2.25 bits per heavy atom. The van der Waals surface area contributed by atoms with Gasteiger partial charge in [-0.3, -0.25) is 0 Å². The molecule has 0 spiro atoms. The second-order valence-corrected chi connectivity index (χ2v) is 2.70. The Labute approximate surface area is 73.7 Å². The molecule has 0 rings (SSSR count). The van der Waals surface area contributed by atoms with Crippen LogP contribution in [0.3, 0.4) is 0 Å². The van der Waals surface area contributed by atoms with Gasteiger partial charge in [0.05, 0.1) is 19.3 Å². The number of rotatable bonds is 7. The van der Waals surface area contributed by atoms with Gasteiger partial charge in [0.1, 0.15) is 6.10 Å². The van der Waals surface area contributed by atoms with Crippen molar-refractivity contribution in [2.24, 2.45) is 0 Å². The maximum atomic E-state index is 9.27. The third-order valence-electron chi connectivity index (χ3n) is 1.62. The van der Waals surface area contributed by atoms with E-state index in [0.29, 0.717) is 6.61 Å². The highest BCUT2D eigenvalue weighted by atomic mass is 16.5. The van der Waals surface area contributed by atoms with E-state index in [0.717, 1.165) is 12.8 Å². The molecule has 0 aromatic carbocycles. The summed E-state index contributed by atoms with van der Waals surface area (Å²) in [4.78, 5) is 0. The van der Waals surface area contributed by atoms with Crippen LogP contribution in [0.4, 0.5) is 0 Å². The standard InChI is InChI=1S/C9H18O3/c1-3-5-9(8(11)7-10)12-6-4-2/h4,8-11H,2-3,5-7H2,1H3/t8-,9+/m0/s1. The highest BCUT2D eigenvalue weighted by Gasteiger charge is 2.17. The molecule has 0 aromatic rings. The maximum Gasteiger partial charge on any atom is 0.103 e. The smallest absolute Gasteiger partial charge is 0.103 e. The van der Waals surface area contributed by atoms with Gasteiger partial charge in [-0.1, -0.05) is 19.4 Å². The number of aliphatic hydroxyl groups is 2. The van der Waals surface area contributed by atoms with Crippen LogP contribution >= 0.6 is 0 Å². The number of aliphatic hydroxyl groups excluding tert-OH is 2. The topological polar surface area (TPSA) is 49.7 Å². The largest absolute Gasteiger partial charge is 0.394 e. The quantitative estimate of drug-likeness (QED) is 0.559. The van der Waals surface area contributed by atoms with E-state index in [2.05, 4.69) is 6.58 Å². The molecular weight excluding hydrogens is 156 g/mol. The fourth-order valence-corrected chi connectivity index (χ4v) is 0.981. The van der Waals surface area contributed by atoms with E-state index in [1.54, 1.807) is 6.08 Å². The van der Waals surface area contributed by atoms with Crippen molar-refractivity contribution < 1.29 is 14.9 Å². The molecule has 0 aliphatic rings. The molecule has 12 heavy (non-hydrogen) atoms. The lowest BCUT2D eigenvalue weighted by atomic mass is 10.1. The van der Waals surface area contributed by atoms with Gasteiger partial charge in [-0.05, 0) is 6.42 Å². The molecule has 0 aromatic heterocycles. The molecule has 0 fully saturated rings. The summed E-state index contributed by atoms with van der Waals surface area (Å²) in [5.74, 6) is 0. The highest BCUT2D eigenvalue weighted by Crippen LogP contribution is 2.07. The average Bonchev–Trinajstić information content (AvgIpc) is 2.11. The summed E-state index contributed by atoms with van der Waals surface area (Å²) >= 11 is 0. The summed E-state index contributed by atoms with van der Waals surface area (Å²) in [7, 11) is 0. The van der Waals surface area contributed by atoms with E-state index in [1.165, 1.54) is 0 Å². The Morgan fingerprint density at radius 3 is 2.67 bits per heavy atom. The first-order chi connectivity index (χ1) is 5.76. The van der Waals surface area contributed by atoms with Crippen molar-refractivity contribution in [3.63, 3.8) is 0 Å². The zero-order valence-electron chi connectivity index (χ0n) is 7.57. The molecule has 2 N–H and O–H groups in total. The van der Waals surface area contributed by atoms with Gasteiger partial charge in [-0.2, -0.15) is 0 Å². The molecule has 72 valence electrons. The molecule has 0 aliphatic carbocycles.